The van der Waals surface area contributed by atoms with Crippen molar-refractivity contribution in [1.82, 2.24) is 24.9 Å². The number of nitrogens with zero attached hydrogens (tertiary/aromatic N) is 5. The molecule has 23 heavy (non-hydrogen) atoms. The maximum atomic E-state index is 5.66. The fraction of sp³-hybridized carbons (Fsp3) is 0.588. The monoisotopic (exact) mass is 315 g/mol. The van der Waals surface area contributed by atoms with Gasteiger partial charge in [0.15, 0.2) is 0 Å². The second-order valence-electron chi connectivity index (χ2n) is 6.38. The lowest BCUT2D eigenvalue weighted by molar-refractivity contribution is 0.0760. The lowest BCUT2D eigenvalue weighted by Gasteiger charge is -2.19. The molecule has 0 radical (unpaired) electrons. The Labute approximate surface area is 137 Å². The van der Waals surface area contributed by atoms with E-state index >= 15 is 0 Å². The van der Waals surface area contributed by atoms with Crippen molar-refractivity contribution in [3.8, 4) is 11.4 Å². The van der Waals surface area contributed by atoms with E-state index in [0.717, 1.165) is 30.9 Å². The van der Waals surface area contributed by atoms with Gasteiger partial charge in [-0.2, -0.15) is 0 Å². The number of methoxy groups -OCH3 is 1. The van der Waals surface area contributed by atoms with Gasteiger partial charge in [0.2, 0.25) is 0 Å². The van der Waals surface area contributed by atoms with Crippen molar-refractivity contribution >= 4 is 0 Å². The second kappa shape index (κ2) is 6.76. The molecule has 1 fully saturated rings. The summed E-state index contributed by atoms with van der Waals surface area (Å²) in [6.45, 7) is 8.40. The molecule has 0 spiro atoms. The van der Waals surface area contributed by atoms with Crippen LogP contribution in [-0.4, -0.2) is 57.2 Å². The third kappa shape index (κ3) is 3.28. The van der Waals surface area contributed by atoms with Crippen molar-refractivity contribution in [2.24, 2.45) is 0 Å². The van der Waals surface area contributed by atoms with Gasteiger partial charge < -0.3 is 4.74 Å². The van der Waals surface area contributed by atoms with E-state index in [1.165, 1.54) is 5.56 Å². The quantitative estimate of drug-likeness (QED) is 0.846. The van der Waals surface area contributed by atoms with Crippen LogP contribution in [0.2, 0.25) is 0 Å². The molecule has 2 atom stereocenters. The minimum atomic E-state index is 0.141. The molecule has 2 aromatic rings. The highest BCUT2D eigenvalue weighted by Crippen LogP contribution is 2.26. The summed E-state index contributed by atoms with van der Waals surface area (Å²) in [7, 11) is 1.77. The van der Waals surface area contributed by atoms with Gasteiger partial charge in [0, 0.05) is 32.4 Å². The lowest BCUT2D eigenvalue weighted by atomic mass is 10.2. The van der Waals surface area contributed by atoms with Crippen LogP contribution in [0.15, 0.2) is 24.5 Å². The van der Waals surface area contributed by atoms with Crippen LogP contribution in [0.5, 0.6) is 0 Å². The van der Waals surface area contributed by atoms with Crippen LogP contribution >= 0.6 is 0 Å². The normalized spacial score (nSPS) is 22.1. The average molecular weight is 315 g/mol. The molecule has 124 valence electrons. The molecular weight excluding hydrogens is 290 g/mol. The number of hydrogen-bond acceptors (Lipinski definition) is 5. The van der Waals surface area contributed by atoms with Gasteiger partial charge in [-0.25, -0.2) is 4.68 Å². The molecule has 3 heterocycles. The van der Waals surface area contributed by atoms with E-state index in [2.05, 4.69) is 47.0 Å². The van der Waals surface area contributed by atoms with Crippen LogP contribution < -0.4 is 0 Å². The number of ether oxygens (including phenoxy) is 1. The average Bonchev–Trinajstić information content (AvgIpc) is 3.21. The molecule has 0 N–H and O–H groups in total. The minimum absolute atomic E-state index is 0.141. The zero-order valence-corrected chi connectivity index (χ0v) is 14.3. The van der Waals surface area contributed by atoms with E-state index in [1.54, 1.807) is 7.11 Å². The number of hydrogen-bond donors (Lipinski definition) is 0. The van der Waals surface area contributed by atoms with Crippen molar-refractivity contribution in [3.05, 3.63) is 30.1 Å². The zero-order chi connectivity index (χ0) is 16.4. The smallest absolute Gasteiger partial charge is 0.131 e. The van der Waals surface area contributed by atoms with Gasteiger partial charge in [0.05, 0.1) is 24.0 Å². The van der Waals surface area contributed by atoms with Crippen LogP contribution in [0.1, 0.15) is 32.4 Å². The van der Waals surface area contributed by atoms with E-state index in [1.807, 2.05) is 23.1 Å². The van der Waals surface area contributed by atoms with Gasteiger partial charge in [-0.15, -0.1) is 5.10 Å². The summed E-state index contributed by atoms with van der Waals surface area (Å²) in [5.41, 5.74) is 2.90. The first kappa shape index (κ1) is 16.1. The number of likely N-dealkylation sites (tertiary alicyclic amines) is 1. The second-order valence-corrected chi connectivity index (χ2v) is 6.38. The Morgan fingerprint density at radius 2 is 2.09 bits per heavy atom. The standard InChI is InChI=1S/C17H25N5O/c1-5-13-6-7-14(18-8-13)15-9-22(20-19-15)16-10-21(12(2)3)11-17(16)23-4/h6-9,12,16-17H,5,10-11H2,1-4H3/t16-,17-/m0/s1. The SMILES string of the molecule is CCc1ccc(-c2cn([C@H]3CN(C(C)C)C[C@@H]3OC)nn2)nc1. The molecule has 6 heteroatoms. The first-order chi connectivity index (χ1) is 11.1. The van der Waals surface area contributed by atoms with Gasteiger partial charge in [-0.3, -0.25) is 9.88 Å². The number of pyridine rings is 1. The first-order valence-electron chi connectivity index (χ1n) is 8.26. The van der Waals surface area contributed by atoms with E-state index < -0.39 is 0 Å². The van der Waals surface area contributed by atoms with Crippen LogP contribution in [0.3, 0.4) is 0 Å². The topological polar surface area (TPSA) is 56.1 Å². The molecule has 0 amide bonds. The summed E-state index contributed by atoms with van der Waals surface area (Å²) >= 11 is 0. The first-order valence-corrected chi connectivity index (χ1v) is 8.26. The molecule has 0 bridgehead atoms. The van der Waals surface area contributed by atoms with Gasteiger partial charge in [-0.1, -0.05) is 18.2 Å². The zero-order valence-electron chi connectivity index (χ0n) is 14.3. The Bertz CT molecular complexity index is 637. The maximum absolute atomic E-state index is 5.66. The summed E-state index contributed by atoms with van der Waals surface area (Å²) in [6.07, 6.45) is 5.02. The van der Waals surface area contributed by atoms with Crippen molar-refractivity contribution in [2.75, 3.05) is 20.2 Å². The molecule has 2 aromatic heterocycles. The number of rotatable bonds is 5. The van der Waals surface area contributed by atoms with Crippen molar-refractivity contribution in [1.29, 1.82) is 0 Å². The summed E-state index contributed by atoms with van der Waals surface area (Å²) in [5.74, 6) is 0. The molecule has 6 nitrogen and oxygen atoms in total. The third-order valence-corrected chi connectivity index (χ3v) is 4.64. The Balaban J connectivity index is 1.80. The number of aryl methyl sites for hydroxylation is 1. The number of aromatic nitrogens is 4. The fourth-order valence-electron chi connectivity index (χ4n) is 3.03. The fourth-order valence-corrected chi connectivity index (χ4v) is 3.03. The predicted molar refractivity (Wildman–Crippen MR) is 89.2 cm³/mol. The molecule has 0 unspecified atom stereocenters. The van der Waals surface area contributed by atoms with Gasteiger partial charge in [0.1, 0.15) is 5.69 Å². The Kier molecular flexibility index (Phi) is 4.73. The highest BCUT2D eigenvalue weighted by Gasteiger charge is 2.36. The van der Waals surface area contributed by atoms with Gasteiger partial charge >= 0.3 is 0 Å². The Morgan fingerprint density at radius 3 is 2.70 bits per heavy atom. The molecule has 0 aliphatic carbocycles. The van der Waals surface area contributed by atoms with Crippen LogP contribution in [0.4, 0.5) is 0 Å². The lowest BCUT2D eigenvalue weighted by Crippen LogP contribution is -2.29. The van der Waals surface area contributed by atoms with Crippen molar-refractivity contribution in [3.63, 3.8) is 0 Å². The molecule has 0 saturated carbocycles. The van der Waals surface area contributed by atoms with E-state index in [-0.39, 0.29) is 12.1 Å². The van der Waals surface area contributed by atoms with Crippen LogP contribution in [0, 0.1) is 0 Å². The molecule has 1 aliphatic heterocycles. The Hall–Kier alpha value is -1.79. The van der Waals surface area contributed by atoms with Crippen LogP contribution in [0.25, 0.3) is 11.4 Å². The largest absolute Gasteiger partial charge is 0.378 e. The summed E-state index contributed by atoms with van der Waals surface area (Å²) < 4.78 is 7.59. The molecule has 3 rings (SSSR count). The summed E-state index contributed by atoms with van der Waals surface area (Å²) in [5, 5.41) is 8.63. The van der Waals surface area contributed by atoms with E-state index in [9.17, 15) is 0 Å². The highest BCUT2D eigenvalue weighted by molar-refractivity contribution is 5.52. The minimum Gasteiger partial charge on any atom is -0.378 e. The third-order valence-electron chi connectivity index (χ3n) is 4.64. The summed E-state index contributed by atoms with van der Waals surface area (Å²) in [4.78, 5) is 6.90. The predicted octanol–water partition coefficient (Wildman–Crippen LogP) is 2.18. The van der Waals surface area contributed by atoms with E-state index in [0.29, 0.717) is 6.04 Å². The van der Waals surface area contributed by atoms with Gasteiger partial charge in [-0.05, 0) is 31.9 Å². The summed E-state index contributed by atoms with van der Waals surface area (Å²) in [6, 6.07) is 4.80. The van der Waals surface area contributed by atoms with E-state index in [4.69, 9.17) is 4.74 Å². The van der Waals surface area contributed by atoms with Crippen molar-refractivity contribution < 1.29 is 4.74 Å². The highest BCUT2D eigenvalue weighted by atomic mass is 16.5. The van der Waals surface area contributed by atoms with Gasteiger partial charge in [0.25, 0.3) is 0 Å². The Morgan fingerprint density at radius 1 is 1.26 bits per heavy atom. The molecule has 0 aromatic carbocycles. The molecular formula is C17H25N5O. The van der Waals surface area contributed by atoms with Crippen molar-refractivity contribution in [2.45, 2.75) is 45.4 Å². The maximum Gasteiger partial charge on any atom is 0.131 e. The molecule has 1 saturated heterocycles. The van der Waals surface area contributed by atoms with Crippen LogP contribution in [-0.2, 0) is 11.2 Å². The molecule has 1 aliphatic rings.